The molecule has 1 atom stereocenters. The predicted octanol–water partition coefficient (Wildman–Crippen LogP) is 5.43. The Balaban J connectivity index is 1.93. The number of Topliss-reactive ketones (excluding diaryl/α,β-unsaturated/α-hetero) is 1. The molecule has 1 aliphatic rings. The number of halogens is 1. The highest BCUT2D eigenvalue weighted by Crippen LogP contribution is 2.43. The van der Waals surface area contributed by atoms with Gasteiger partial charge in [-0.05, 0) is 55.0 Å². The third-order valence-corrected chi connectivity index (χ3v) is 6.04. The van der Waals surface area contributed by atoms with E-state index in [1.807, 2.05) is 56.3 Å². The van der Waals surface area contributed by atoms with Crippen LogP contribution in [0.1, 0.15) is 24.1 Å². The summed E-state index contributed by atoms with van der Waals surface area (Å²) in [5, 5.41) is 11.6. The first-order valence-electron chi connectivity index (χ1n) is 10.9. The highest BCUT2D eigenvalue weighted by atomic mass is 35.5. The van der Waals surface area contributed by atoms with Crippen LogP contribution in [0.3, 0.4) is 0 Å². The lowest BCUT2D eigenvalue weighted by atomic mass is 9.94. The summed E-state index contributed by atoms with van der Waals surface area (Å²) < 4.78 is 5.54. The van der Waals surface area contributed by atoms with E-state index in [1.54, 1.807) is 42.5 Å². The Morgan fingerprint density at radius 2 is 1.71 bits per heavy atom. The quantitative estimate of drug-likeness (QED) is 0.292. The third-order valence-electron chi connectivity index (χ3n) is 5.71. The molecule has 0 radical (unpaired) electrons. The molecule has 174 valence electrons. The van der Waals surface area contributed by atoms with E-state index in [2.05, 4.69) is 0 Å². The smallest absolute Gasteiger partial charge is 0.300 e. The first-order chi connectivity index (χ1) is 16.3. The van der Waals surface area contributed by atoms with Gasteiger partial charge in [0, 0.05) is 31.0 Å². The van der Waals surface area contributed by atoms with Gasteiger partial charge in [0.15, 0.2) is 0 Å². The summed E-state index contributed by atoms with van der Waals surface area (Å²) in [6, 6.07) is 20.5. The van der Waals surface area contributed by atoms with Crippen molar-refractivity contribution in [3.8, 4) is 5.75 Å². The molecule has 4 rings (SSSR count). The standard InChI is InChI=1S/C27H25ClN2O4/c1-4-34-20-14-15-22(28)21(16-20)25(31)23-24(17-10-12-18(13-11-17)29(2)3)30(27(33)26(23)32)19-8-6-5-7-9-19/h5-16,24,31H,4H2,1-3H3/b25-23+. The van der Waals surface area contributed by atoms with Gasteiger partial charge in [-0.25, -0.2) is 0 Å². The fourth-order valence-corrected chi connectivity index (χ4v) is 4.25. The van der Waals surface area contributed by atoms with Gasteiger partial charge in [-0.3, -0.25) is 14.5 Å². The number of anilines is 2. The van der Waals surface area contributed by atoms with Gasteiger partial charge in [-0.2, -0.15) is 0 Å². The van der Waals surface area contributed by atoms with Crippen molar-refractivity contribution in [1.82, 2.24) is 0 Å². The summed E-state index contributed by atoms with van der Waals surface area (Å²) in [7, 11) is 3.86. The number of benzene rings is 3. The second kappa shape index (κ2) is 9.61. The average molecular weight is 477 g/mol. The molecule has 6 nitrogen and oxygen atoms in total. The van der Waals surface area contributed by atoms with Crippen molar-refractivity contribution in [3.05, 3.63) is 94.5 Å². The highest BCUT2D eigenvalue weighted by molar-refractivity contribution is 6.52. The van der Waals surface area contributed by atoms with Crippen molar-refractivity contribution < 1.29 is 19.4 Å². The summed E-state index contributed by atoms with van der Waals surface area (Å²) in [6.07, 6.45) is 0. The molecule has 3 aromatic carbocycles. The molecule has 1 N–H and O–H groups in total. The van der Waals surface area contributed by atoms with Crippen LogP contribution in [0.4, 0.5) is 11.4 Å². The molecular weight excluding hydrogens is 452 g/mol. The number of ketones is 1. The van der Waals surface area contributed by atoms with Crippen LogP contribution in [0.2, 0.25) is 5.02 Å². The molecule has 7 heteroatoms. The third kappa shape index (κ3) is 4.24. The molecule has 1 heterocycles. The lowest BCUT2D eigenvalue weighted by Crippen LogP contribution is -2.29. The number of aliphatic hydroxyl groups excluding tert-OH is 1. The molecule has 0 saturated carbocycles. The molecule has 0 bridgehead atoms. The topological polar surface area (TPSA) is 70.1 Å². The van der Waals surface area contributed by atoms with E-state index < -0.39 is 17.7 Å². The zero-order valence-corrected chi connectivity index (χ0v) is 19.9. The van der Waals surface area contributed by atoms with E-state index in [1.165, 1.54) is 4.90 Å². The maximum atomic E-state index is 13.3. The van der Waals surface area contributed by atoms with Crippen molar-refractivity contribution in [2.45, 2.75) is 13.0 Å². The first kappa shape index (κ1) is 23.4. The zero-order chi connectivity index (χ0) is 24.4. The van der Waals surface area contributed by atoms with E-state index in [4.69, 9.17) is 16.3 Å². The molecule has 0 aromatic heterocycles. The number of para-hydroxylation sites is 1. The lowest BCUT2D eigenvalue weighted by molar-refractivity contribution is -0.132. The minimum absolute atomic E-state index is 0.0259. The van der Waals surface area contributed by atoms with Crippen molar-refractivity contribution in [2.24, 2.45) is 0 Å². The fraction of sp³-hybridized carbons (Fsp3) is 0.185. The maximum Gasteiger partial charge on any atom is 0.300 e. The molecule has 3 aromatic rings. The lowest BCUT2D eigenvalue weighted by Gasteiger charge is -2.26. The monoisotopic (exact) mass is 476 g/mol. The van der Waals surface area contributed by atoms with Gasteiger partial charge >= 0.3 is 0 Å². The van der Waals surface area contributed by atoms with Gasteiger partial charge in [0.2, 0.25) is 0 Å². The minimum Gasteiger partial charge on any atom is -0.507 e. The summed E-state index contributed by atoms with van der Waals surface area (Å²) >= 11 is 6.39. The predicted molar refractivity (Wildman–Crippen MR) is 135 cm³/mol. The SMILES string of the molecule is CCOc1ccc(Cl)c(/C(O)=C2\C(=O)C(=O)N(c3ccccc3)C2c2ccc(N(C)C)cc2)c1. The number of hydrogen-bond donors (Lipinski definition) is 1. The second-order valence-electron chi connectivity index (χ2n) is 8.07. The maximum absolute atomic E-state index is 13.3. The van der Waals surface area contributed by atoms with Gasteiger partial charge in [-0.1, -0.05) is 41.9 Å². The number of hydrogen-bond acceptors (Lipinski definition) is 5. The van der Waals surface area contributed by atoms with Crippen LogP contribution >= 0.6 is 11.6 Å². The Bertz CT molecular complexity index is 1250. The molecule has 0 spiro atoms. The van der Waals surface area contributed by atoms with Crippen LogP contribution in [0.15, 0.2) is 78.4 Å². The Morgan fingerprint density at radius 1 is 1.03 bits per heavy atom. The summed E-state index contributed by atoms with van der Waals surface area (Å²) in [5.74, 6) is -1.34. The first-order valence-corrected chi connectivity index (χ1v) is 11.3. The summed E-state index contributed by atoms with van der Waals surface area (Å²) in [5.41, 5.74) is 2.41. The van der Waals surface area contributed by atoms with Gasteiger partial charge in [0.25, 0.3) is 11.7 Å². The second-order valence-corrected chi connectivity index (χ2v) is 8.47. The molecule has 1 aliphatic heterocycles. The fourth-order valence-electron chi connectivity index (χ4n) is 4.04. The van der Waals surface area contributed by atoms with Gasteiger partial charge < -0.3 is 14.7 Å². The van der Waals surface area contributed by atoms with Crippen LogP contribution in [-0.4, -0.2) is 37.5 Å². The minimum atomic E-state index is -0.828. The summed E-state index contributed by atoms with van der Waals surface area (Å²) in [6.45, 7) is 2.27. The Morgan fingerprint density at radius 3 is 2.32 bits per heavy atom. The van der Waals surface area contributed by atoms with E-state index in [0.717, 1.165) is 5.69 Å². The molecule has 0 aliphatic carbocycles. The number of carbonyl (C=O) groups excluding carboxylic acids is 2. The Labute approximate surface area is 203 Å². The van der Waals surface area contributed by atoms with Crippen LogP contribution in [0.5, 0.6) is 5.75 Å². The molecule has 1 saturated heterocycles. The van der Waals surface area contributed by atoms with E-state index in [9.17, 15) is 14.7 Å². The van der Waals surface area contributed by atoms with Crippen molar-refractivity contribution in [2.75, 3.05) is 30.5 Å². The van der Waals surface area contributed by atoms with Crippen molar-refractivity contribution in [1.29, 1.82) is 0 Å². The molecule has 1 amide bonds. The number of nitrogens with zero attached hydrogens (tertiary/aromatic N) is 2. The average Bonchev–Trinajstić information content (AvgIpc) is 3.11. The number of ether oxygens (including phenoxy) is 1. The van der Waals surface area contributed by atoms with Crippen LogP contribution in [0, 0.1) is 0 Å². The van der Waals surface area contributed by atoms with Crippen LogP contribution in [-0.2, 0) is 9.59 Å². The van der Waals surface area contributed by atoms with Crippen LogP contribution < -0.4 is 14.5 Å². The van der Waals surface area contributed by atoms with Gasteiger partial charge in [0.05, 0.1) is 23.2 Å². The van der Waals surface area contributed by atoms with E-state index >= 15 is 0 Å². The van der Waals surface area contributed by atoms with Crippen LogP contribution in [0.25, 0.3) is 5.76 Å². The van der Waals surface area contributed by atoms with E-state index in [-0.39, 0.29) is 21.9 Å². The largest absolute Gasteiger partial charge is 0.507 e. The Hall–Kier alpha value is -3.77. The number of aliphatic hydroxyl groups is 1. The highest BCUT2D eigenvalue weighted by Gasteiger charge is 2.47. The van der Waals surface area contributed by atoms with Crippen molar-refractivity contribution in [3.63, 3.8) is 0 Å². The zero-order valence-electron chi connectivity index (χ0n) is 19.2. The van der Waals surface area contributed by atoms with Gasteiger partial charge in [0.1, 0.15) is 11.5 Å². The molecule has 34 heavy (non-hydrogen) atoms. The number of rotatable bonds is 6. The molecule has 1 unspecified atom stereocenters. The number of amides is 1. The number of carbonyl (C=O) groups is 2. The van der Waals surface area contributed by atoms with E-state index in [0.29, 0.717) is 23.6 Å². The normalized spacial score (nSPS) is 17.2. The molecular formula is C27H25ClN2O4. The van der Waals surface area contributed by atoms with Gasteiger partial charge in [-0.15, -0.1) is 0 Å². The molecule has 1 fully saturated rings. The Kier molecular flexibility index (Phi) is 6.61. The summed E-state index contributed by atoms with van der Waals surface area (Å²) in [4.78, 5) is 29.9. The van der Waals surface area contributed by atoms with Crippen molar-refractivity contribution >= 4 is 40.4 Å².